The summed E-state index contributed by atoms with van der Waals surface area (Å²) >= 11 is 17.4. The second-order valence-corrected chi connectivity index (χ2v) is 6.92. The number of carbonyl (C=O) groups excluding carboxylic acids is 1. The van der Waals surface area contributed by atoms with Crippen molar-refractivity contribution in [2.24, 2.45) is 5.10 Å². The van der Waals surface area contributed by atoms with Crippen LogP contribution in [0.15, 0.2) is 35.4 Å². The van der Waals surface area contributed by atoms with Crippen molar-refractivity contribution in [1.82, 2.24) is 15.4 Å². The Labute approximate surface area is 170 Å². The Morgan fingerprint density at radius 3 is 2.63 bits per heavy atom. The molecule has 9 heteroatoms. The van der Waals surface area contributed by atoms with Gasteiger partial charge in [-0.15, -0.1) is 0 Å². The number of nitrogens with zero attached hydrogens (tertiary/aromatic N) is 1. The number of aromatic nitrogens is 2. The number of amides is 1. The van der Waals surface area contributed by atoms with Crippen molar-refractivity contribution in [3.63, 3.8) is 0 Å². The molecule has 2 aromatic carbocycles. The summed E-state index contributed by atoms with van der Waals surface area (Å²) in [4.78, 5) is 18.2. The summed E-state index contributed by atoms with van der Waals surface area (Å²) in [6.45, 7) is 2.52. The lowest BCUT2D eigenvalue weighted by molar-refractivity contribution is 0.0955. The molecule has 6 nitrogen and oxygen atoms in total. The number of carbonyl (C=O) groups is 1. The summed E-state index contributed by atoms with van der Waals surface area (Å²) in [5.74, 6) is 0.0901. The number of hydrogen-bond acceptors (Lipinski definition) is 4. The van der Waals surface area contributed by atoms with Crippen molar-refractivity contribution in [3.8, 4) is 5.75 Å². The van der Waals surface area contributed by atoms with Crippen molar-refractivity contribution in [2.45, 2.75) is 13.3 Å². The van der Waals surface area contributed by atoms with E-state index in [0.29, 0.717) is 38.3 Å². The van der Waals surface area contributed by atoms with Gasteiger partial charge in [-0.2, -0.15) is 5.10 Å². The van der Waals surface area contributed by atoms with Gasteiger partial charge < -0.3 is 14.7 Å². The van der Waals surface area contributed by atoms with Gasteiger partial charge in [0.2, 0.25) is 0 Å². The lowest BCUT2D eigenvalue weighted by Gasteiger charge is -2.09. The molecule has 1 amide bonds. The highest BCUT2D eigenvalue weighted by Crippen LogP contribution is 2.33. The fourth-order valence-electron chi connectivity index (χ4n) is 2.40. The third-order valence-electron chi connectivity index (χ3n) is 3.63. The summed E-state index contributed by atoms with van der Waals surface area (Å²) in [7, 11) is 0. The van der Waals surface area contributed by atoms with E-state index in [0.717, 1.165) is 17.5 Å². The molecule has 3 rings (SSSR count). The molecule has 0 atom stereocenters. The second-order valence-electron chi connectivity index (χ2n) is 5.70. The van der Waals surface area contributed by atoms with Crippen LogP contribution < -0.4 is 10.2 Å². The molecule has 0 aliphatic carbocycles. The van der Waals surface area contributed by atoms with Crippen molar-refractivity contribution in [3.05, 3.63) is 56.3 Å². The van der Waals surface area contributed by atoms with E-state index in [2.05, 4.69) is 20.5 Å². The van der Waals surface area contributed by atoms with Crippen LogP contribution in [-0.4, -0.2) is 28.7 Å². The Bertz CT molecular complexity index is 1050. The van der Waals surface area contributed by atoms with Gasteiger partial charge in [-0.1, -0.05) is 30.1 Å². The first kappa shape index (κ1) is 19.4. The summed E-state index contributed by atoms with van der Waals surface area (Å²) in [6, 6.07) is 8.48. The molecule has 3 aromatic rings. The number of hydrogen-bond donors (Lipinski definition) is 3. The Balaban J connectivity index is 1.70. The van der Waals surface area contributed by atoms with Gasteiger partial charge in [0, 0.05) is 5.56 Å². The van der Waals surface area contributed by atoms with Gasteiger partial charge in [0.1, 0.15) is 0 Å². The van der Waals surface area contributed by atoms with Gasteiger partial charge in [0.05, 0.1) is 33.9 Å². The molecule has 0 saturated heterocycles. The maximum absolute atomic E-state index is 12.2. The molecule has 3 N–H and O–H groups in total. The van der Waals surface area contributed by atoms with Crippen LogP contribution in [0.5, 0.6) is 5.75 Å². The van der Waals surface area contributed by atoms with E-state index in [9.17, 15) is 4.79 Å². The molecule has 0 radical (unpaired) electrons. The van der Waals surface area contributed by atoms with Crippen LogP contribution in [0, 0.1) is 4.77 Å². The van der Waals surface area contributed by atoms with Crippen molar-refractivity contribution in [1.29, 1.82) is 0 Å². The highest BCUT2D eigenvalue weighted by molar-refractivity contribution is 7.71. The second kappa shape index (κ2) is 8.56. The van der Waals surface area contributed by atoms with Crippen LogP contribution in [0.3, 0.4) is 0 Å². The van der Waals surface area contributed by atoms with Crippen LogP contribution in [0.25, 0.3) is 11.0 Å². The fourth-order valence-corrected chi connectivity index (χ4v) is 3.23. The lowest BCUT2D eigenvalue weighted by Crippen LogP contribution is -2.17. The Hall–Kier alpha value is -2.35. The van der Waals surface area contributed by atoms with Crippen LogP contribution >= 0.6 is 35.4 Å². The quantitative estimate of drug-likeness (QED) is 0.294. The molecule has 0 saturated carbocycles. The molecule has 0 fully saturated rings. The standard InChI is InChI=1S/C18H16Cl2N4O2S/c1-2-5-26-16-12(19)6-10(7-13(16)20)9-21-24-17(25)11-3-4-14-15(8-11)23-18(27)22-14/h3-4,6-9H,2,5H2,1H3,(H,24,25)(H2,22,23,27)/b21-9-. The summed E-state index contributed by atoms with van der Waals surface area (Å²) in [5, 5.41) is 4.73. The number of fused-ring (bicyclic) bond motifs is 1. The zero-order chi connectivity index (χ0) is 19.4. The number of nitrogens with one attached hydrogen (secondary N) is 3. The third-order valence-corrected chi connectivity index (χ3v) is 4.39. The number of halogens is 2. The van der Waals surface area contributed by atoms with Gasteiger partial charge in [-0.05, 0) is 54.5 Å². The Morgan fingerprint density at radius 2 is 1.93 bits per heavy atom. The summed E-state index contributed by atoms with van der Waals surface area (Å²) < 4.78 is 6.02. The number of imidazole rings is 1. The number of ether oxygens (including phenoxy) is 1. The summed E-state index contributed by atoms with van der Waals surface area (Å²) in [5.41, 5.74) is 5.13. The zero-order valence-electron chi connectivity index (χ0n) is 14.3. The Kier molecular flexibility index (Phi) is 6.15. The normalized spacial score (nSPS) is 11.2. The van der Waals surface area contributed by atoms with Crippen LogP contribution in [0.1, 0.15) is 29.3 Å². The van der Waals surface area contributed by atoms with Gasteiger partial charge in [-0.25, -0.2) is 5.43 Å². The SMILES string of the molecule is CCCOc1c(Cl)cc(/C=N\NC(=O)c2ccc3[nH]c(=S)[nH]c3c2)cc1Cl. The van der Waals surface area contributed by atoms with E-state index in [4.69, 9.17) is 40.2 Å². The Morgan fingerprint density at radius 1 is 1.22 bits per heavy atom. The number of rotatable bonds is 6. The van der Waals surface area contributed by atoms with Crippen molar-refractivity contribution in [2.75, 3.05) is 6.61 Å². The fraction of sp³-hybridized carbons (Fsp3) is 0.167. The predicted octanol–water partition coefficient (Wildman–Crippen LogP) is 5.08. The molecular formula is C18H16Cl2N4O2S. The monoisotopic (exact) mass is 422 g/mol. The maximum Gasteiger partial charge on any atom is 0.271 e. The first-order chi connectivity index (χ1) is 13.0. The molecule has 0 aliphatic rings. The van der Waals surface area contributed by atoms with E-state index in [-0.39, 0.29) is 5.91 Å². The van der Waals surface area contributed by atoms with Gasteiger partial charge in [0.15, 0.2) is 10.5 Å². The first-order valence-corrected chi connectivity index (χ1v) is 9.31. The predicted molar refractivity (Wildman–Crippen MR) is 111 cm³/mol. The smallest absolute Gasteiger partial charge is 0.271 e. The molecule has 27 heavy (non-hydrogen) atoms. The highest BCUT2D eigenvalue weighted by atomic mass is 35.5. The third kappa shape index (κ3) is 4.68. The van der Waals surface area contributed by atoms with Crippen LogP contribution in [0.4, 0.5) is 0 Å². The largest absolute Gasteiger partial charge is 0.490 e. The average Bonchev–Trinajstić information content (AvgIpc) is 3.00. The van der Waals surface area contributed by atoms with Gasteiger partial charge >= 0.3 is 0 Å². The van der Waals surface area contributed by atoms with E-state index < -0.39 is 0 Å². The maximum atomic E-state index is 12.2. The molecule has 1 aromatic heterocycles. The number of hydrazone groups is 1. The molecule has 1 heterocycles. The van der Waals surface area contributed by atoms with E-state index in [1.54, 1.807) is 30.3 Å². The van der Waals surface area contributed by atoms with E-state index >= 15 is 0 Å². The first-order valence-electron chi connectivity index (χ1n) is 8.15. The van der Waals surface area contributed by atoms with E-state index in [1.807, 2.05) is 6.92 Å². The molecule has 0 unspecified atom stereocenters. The van der Waals surface area contributed by atoms with Crippen molar-refractivity contribution >= 4 is 58.6 Å². The minimum Gasteiger partial charge on any atom is -0.490 e. The minimum absolute atomic E-state index is 0.353. The van der Waals surface area contributed by atoms with Gasteiger partial charge in [-0.3, -0.25) is 4.79 Å². The number of benzene rings is 2. The van der Waals surface area contributed by atoms with Crippen molar-refractivity contribution < 1.29 is 9.53 Å². The molecule has 140 valence electrons. The number of aromatic amines is 2. The molecule has 0 aliphatic heterocycles. The topological polar surface area (TPSA) is 82.3 Å². The average molecular weight is 423 g/mol. The molecule has 0 spiro atoms. The summed E-state index contributed by atoms with van der Waals surface area (Å²) in [6.07, 6.45) is 2.31. The highest BCUT2D eigenvalue weighted by Gasteiger charge is 2.09. The molecular weight excluding hydrogens is 407 g/mol. The zero-order valence-corrected chi connectivity index (χ0v) is 16.6. The lowest BCUT2D eigenvalue weighted by atomic mass is 10.2. The van der Waals surface area contributed by atoms with E-state index in [1.165, 1.54) is 6.21 Å². The molecule has 0 bridgehead atoms. The van der Waals surface area contributed by atoms with Crippen LogP contribution in [0.2, 0.25) is 10.0 Å². The number of H-pyrrole nitrogens is 2. The minimum atomic E-state index is -0.353. The van der Waals surface area contributed by atoms with Gasteiger partial charge in [0.25, 0.3) is 5.91 Å². The van der Waals surface area contributed by atoms with Crippen LogP contribution in [-0.2, 0) is 0 Å².